The highest BCUT2D eigenvalue weighted by atomic mass is 16.6. The molecule has 0 radical (unpaired) electrons. The van der Waals surface area contributed by atoms with Gasteiger partial charge in [0.15, 0.2) is 5.78 Å². The zero-order valence-electron chi connectivity index (χ0n) is 10.2. The van der Waals surface area contributed by atoms with Crippen molar-refractivity contribution in [3.8, 4) is 0 Å². The molecule has 1 aliphatic heterocycles. The molecular formula is C11H19NO4. The number of hydrogen-bond donors (Lipinski definition) is 1. The maximum absolute atomic E-state index is 11.8. The minimum atomic E-state index is -0.746. The lowest BCUT2D eigenvalue weighted by Gasteiger charge is -2.29. The first-order valence-electron chi connectivity index (χ1n) is 5.41. The molecule has 0 aromatic carbocycles. The summed E-state index contributed by atoms with van der Waals surface area (Å²) in [5.41, 5.74) is -0.595. The average molecular weight is 229 g/mol. The maximum Gasteiger partial charge on any atom is 0.411 e. The second-order valence-corrected chi connectivity index (χ2v) is 5.11. The number of amides is 1. The average Bonchev–Trinajstić information content (AvgIpc) is 2.37. The van der Waals surface area contributed by atoms with E-state index in [-0.39, 0.29) is 24.9 Å². The van der Waals surface area contributed by atoms with Crippen molar-refractivity contribution >= 4 is 11.9 Å². The van der Waals surface area contributed by atoms with E-state index >= 15 is 0 Å². The van der Waals surface area contributed by atoms with Gasteiger partial charge in [-0.05, 0) is 27.7 Å². The molecule has 16 heavy (non-hydrogen) atoms. The lowest BCUT2D eigenvalue weighted by Crippen LogP contribution is -2.46. The normalized spacial score (nSPS) is 26.1. The van der Waals surface area contributed by atoms with Gasteiger partial charge in [0, 0.05) is 12.5 Å². The van der Waals surface area contributed by atoms with Crippen LogP contribution in [0.3, 0.4) is 0 Å². The summed E-state index contributed by atoms with van der Waals surface area (Å²) in [6, 6.07) is -0.954. The molecule has 0 saturated carbocycles. The summed E-state index contributed by atoms with van der Waals surface area (Å²) in [7, 11) is 0. The molecule has 1 amide bonds. The van der Waals surface area contributed by atoms with Crippen LogP contribution in [0.2, 0.25) is 0 Å². The maximum atomic E-state index is 11.8. The number of nitrogens with zero attached hydrogens (tertiary/aromatic N) is 1. The van der Waals surface area contributed by atoms with E-state index in [2.05, 4.69) is 0 Å². The Hall–Kier alpha value is -1.10. The molecule has 0 aromatic rings. The van der Waals surface area contributed by atoms with Crippen molar-refractivity contribution in [2.45, 2.75) is 51.8 Å². The van der Waals surface area contributed by atoms with E-state index < -0.39 is 17.7 Å². The van der Waals surface area contributed by atoms with Gasteiger partial charge in [-0.15, -0.1) is 0 Å². The molecule has 0 spiro atoms. The fraction of sp³-hybridized carbons (Fsp3) is 0.818. The number of ketones is 1. The van der Waals surface area contributed by atoms with Crippen LogP contribution in [0.5, 0.6) is 0 Å². The molecule has 1 saturated heterocycles. The molecule has 1 fully saturated rings. The highest BCUT2D eigenvalue weighted by Crippen LogP contribution is 2.23. The van der Waals surface area contributed by atoms with Gasteiger partial charge in [-0.1, -0.05) is 0 Å². The van der Waals surface area contributed by atoms with Crippen LogP contribution in [-0.2, 0) is 9.53 Å². The first-order chi connectivity index (χ1) is 7.26. The fourth-order valence-electron chi connectivity index (χ4n) is 1.80. The third kappa shape index (κ3) is 2.72. The molecule has 1 heterocycles. The summed E-state index contributed by atoms with van der Waals surface area (Å²) in [6.45, 7) is 6.73. The minimum absolute atomic E-state index is 0.110. The van der Waals surface area contributed by atoms with Crippen molar-refractivity contribution in [3.05, 3.63) is 0 Å². The number of ether oxygens (including phenoxy) is 1. The summed E-state index contributed by atoms with van der Waals surface area (Å²) < 4.78 is 5.20. The van der Waals surface area contributed by atoms with Gasteiger partial charge in [-0.2, -0.15) is 0 Å². The number of carbonyl (C=O) groups excluding carboxylic acids is 2. The Morgan fingerprint density at radius 1 is 1.56 bits per heavy atom. The molecule has 1 N–H and O–H groups in total. The summed E-state index contributed by atoms with van der Waals surface area (Å²) in [4.78, 5) is 24.6. The molecule has 5 nitrogen and oxygen atoms in total. The van der Waals surface area contributed by atoms with E-state index in [0.717, 1.165) is 0 Å². The van der Waals surface area contributed by atoms with Gasteiger partial charge in [-0.25, -0.2) is 4.79 Å². The number of hydrogen-bond acceptors (Lipinski definition) is 4. The number of Topliss-reactive ketones (excluding diaryl/α,β-unsaturated/α-hetero) is 1. The van der Waals surface area contributed by atoms with Crippen LogP contribution >= 0.6 is 0 Å². The third-order valence-electron chi connectivity index (χ3n) is 2.46. The highest BCUT2D eigenvalue weighted by molar-refractivity contribution is 5.91. The predicted molar refractivity (Wildman–Crippen MR) is 58.0 cm³/mol. The molecule has 2 atom stereocenters. The second kappa shape index (κ2) is 4.41. The van der Waals surface area contributed by atoms with E-state index in [1.807, 2.05) is 0 Å². The van der Waals surface area contributed by atoms with Crippen molar-refractivity contribution in [2.75, 3.05) is 6.61 Å². The lowest BCUT2D eigenvalue weighted by molar-refractivity contribution is -0.120. The Bertz CT molecular complexity index is 295. The monoisotopic (exact) mass is 229 g/mol. The van der Waals surface area contributed by atoms with Crippen molar-refractivity contribution in [1.29, 1.82) is 0 Å². The van der Waals surface area contributed by atoms with Gasteiger partial charge in [0.2, 0.25) is 0 Å². The van der Waals surface area contributed by atoms with Crippen LogP contribution in [-0.4, -0.2) is 46.2 Å². The SMILES string of the molecule is C[C@@H]1CC(=O)C(CO)N1C(=O)OC(C)(C)C. The van der Waals surface area contributed by atoms with Crippen LogP contribution in [0.4, 0.5) is 4.79 Å². The molecule has 1 rings (SSSR count). The lowest BCUT2D eigenvalue weighted by atomic mass is 10.2. The summed E-state index contributed by atoms with van der Waals surface area (Å²) in [6.07, 6.45) is -0.255. The molecule has 0 aliphatic carbocycles. The van der Waals surface area contributed by atoms with Crippen molar-refractivity contribution < 1.29 is 19.4 Å². The van der Waals surface area contributed by atoms with E-state index in [0.29, 0.717) is 0 Å². The van der Waals surface area contributed by atoms with E-state index in [1.165, 1.54) is 4.90 Å². The van der Waals surface area contributed by atoms with E-state index in [4.69, 9.17) is 9.84 Å². The fourth-order valence-corrected chi connectivity index (χ4v) is 1.80. The summed E-state index contributed by atoms with van der Waals surface area (Å²) >= 11 is 0. The molecule has 1 aliphatic rings. The number of rotatable bonds is 1. The number of likely N-dealkylation sites (tertiary alicyclic amines) is 1. The molecule has 0 aromatic heterocycles. The summed E-state index contributed by atoms with van der Waals surface area (Å²) in [5.74, 6) is -0.110. The predicted octanol–water partition coefficient (Wildman–Crippen LogP) is 0.946. The van der Waals surface area contributed by atoms with Gasteiger partial charge in [0.25, 0.3) is 0 Å². The molecule has 1 unspecified atom stereocenters. The van der Waals surface area contributed by atoms with E-state index in [1.54, 1.807) is 27.7 Å². The third-order valence-corrected chi connectivity index (χ3v) is 2.46. The van der Waals surface area contributed by atoms with Crippen LogP contribution in [0.1, 0.15) is 34.1 Å². The molecular weight excluding hydrogens is 210 g/mol. The largest absolute Gasteiger partial charge is 0.444 e. The number of aliphatic hydroxyl groups excluding tert-OH is 1. The first-order valence-corrected chi connectivity index (χ1v) is 5.41. The van der Waals surface area contributed by atoms with Crippen LogP contribution in [0, 0.1) is 0 Å². The molecule has 0 bridgehead atoms. The first kappa shape index (κ1) is 13.0. The Morgan fingerprint density at radius 3 is 2.56 bits per heavy atom. The Labute approximate surface area is 95.4 Å². The van der Waals surface area contributed by atoms with Crippen molar-refractivity contribution in [3.63, 3.8) is 0 Å². The topological polar surface area (TPSA) is 66.8 Å². The van der Waals surface area contributed by atoms with Crippen LogP contribution in [0.25, 0.3) is 0 Å². The molecule has 5 heteroatoms. The smallest absolute Gasteiger partial charge is 0.411 e. The Morgan fingerprint density at radius 2 is 2.12 bits per heavy atom. The van der Waals surface area contributed by atoms with Gasteiger partial charge in [0.05, 0.1) is 6.61 Å². The number of carbonyl (C=O) groups is 2. The van der Waals surface area contributed by atoms with Gasteiger partial charge in [-0.3, -0.25) is 9.69 Å². The van der Waals surface area contributed by atoms with Gasteiger partial charge >= 0.3 is 6.09 Å². The Balaban J connectivity index is 2.78. The standard InChI is InChI=1S/C11H19NO4/c1-7-5-9(14)8(6-13)12(7)10(15)16-11(2,3)4/h7-8,13H,5-6H2,1-4H3/t7-,8?/m1/s1. The molecule has 92 valence electrons. The van der Waals surface area contributed by atoms with Crippen LogP contribution in [0.15, 0.2) is 0 Å². The number of aliphatic hydroxyl groups is 1. The zero-order chi connectivity index (χ0) is 12.5. The second-order valence-electron chi connectivity index (χ2n) is 5.11. The van der Waals surface area contributed by atoms with E-state index in [9.17, 15) is 9.59 Å². The van der Waals surface area contributed by atoms with Gasteiger partial charge < -0.3 is 9.84 Å². The van der Waals surface area contributed by atoms with Crippen molar-refractivity contribution in [2.24, 2.45) is 0 Å². The van der Waals surface area contributed by atoms with Gasteiger partial charge in [0.1, 0.15) is 11.6 Å². The Kier molecular flexibility index (Phi) is 3.57. The van der Waals surface area contributed by atoms with Crippen LogP contribution < -0.4 is 0 Å². The minimum Gasteiger partial charge on any atom is -0.444 e. The highest BCUT2D eigenvalue weighted by Gasteiger charge is 2.42. The zero-order valence-corrected chi connectivity index (χ0v) is 10.2. The summed E-state index contributed by atoms with van der Waals surface area (Å²) in [5, 5.41) is 9.10. The van der Waals surface area contributed by atoms with Crippen molar-refractivity contribution in [1.82, 2.24) is 4.90 Å². The quantitative estimate of drug-likeness (QED) is 0.726.